The molecule has 0 saturated carbocycles. The lowest BCUT2D eigenvalue weighted by atomic mass is 10.2. The van der Waals surface area contributed by atoms with Gasteiger partial charge in [-0.15, -0.1) is 0 Å². The molecule has 4 nitrogen and oxygen atoms in total. The molecule has 128 valence electrons. The summed E-state index contributed by atoms with van der Waals surface area (Å²) in [5.74, 6) is 0.709. The van der Waals surface area contributed by atoms with Crippen LogP contribution in [0.5, 0.6) is 5.75 Å². The van der Waals surface area contributed by atoms with Crippen LogP contribution in [0.2, 0.25) is 5.02 Å². The van der Waals surface area contributed by atoms with Crippen molar-refractivity contribution in [1.29, 1.82) is 0 Å². The van der Waals surface area contributed by atoms with Crippen molar-refractivity contribution < 1.29 is 9.52 Å². The number of aromatic nitrogens is 1. The molecule has 0 aliphatic carbocycles. The van der Waals surface area contributed by atoms with Crippen LogP contribution in [-0.4, -0.2) is 16.3 Å². The molecule has 0 bridgehead atoms. The van der Waals surface area contributed by atoms with Crippen LogP contribution in [-0.2, 0) is 0 Å². The van der Waals surface area contributed by atoms with E-state index in [4.69, 9.17) is 16.0 Å². The van der Waals surface area contributed by atoms with Crippen LogP contribution in [0.3, 0.4) is 0 Å². The summed E-state index contributed by atoms with van der Waals surface area (Å²) in [7, 11) is 0. The summed E-state index contributed by atoms with van der Waals surface area (Å²) in [4.78, 5) is 8.85. The number of aromatic hydroxyl groups is 1. The molecule has 0 amide bonds. The summed E-state index contributed by atoms with van der Waals surface area (Å²) < 4.78 is 6.64. The van der Waals surface area contributed by atoms with E-state index in [0.29, 0.717) is 22.1 Å². The number of phenols is 1. The zero-order valence-corrected chi connectivity index (χ0v) is 15.7. The van der Waals surface area contributed by atoms with E-state index in [1.165, 1.54) is 0 Å². The van der Waals surface area contributed by atoms with E-state index in [-0.39, 0.29) is 5.75 Å². The molecule has 0 atom stereocenters. The van der Waals surface area contributed by atoms with E-state index in [9.17, 15) is 5.11 Å². The van der Waals surface area contributed by atoms with Crippen LogP contribution in [0.4, 0.5) is 5.69 Å². The van der Waals surface area contributed by atoms with Crippen LogP contribution in [0, 0.1) is 0 Å². The second-order valence-electron chi connectivity index (χ2n) is 5.64. The Morgan fingerprint density at radius 1 is 1.04 bits per heavy atom. The van der Waals surface area contributed by atoms with Gasteiger partial charge in [0.15, 0.2) is 5.58 Å². The number of hydrogen-bond donors (Lipinski definition) is 1. The van der Waals surface area contributed by atoms with Crippen molar-refractivity contribution in [3.05, 3.63) is 75.7 Å². The van der Waals surface area contributed by atoms with Crippen LogP contribution in [0.1, 0.15) is 5.56 Å². The van der Waals surface area contributed by atoms with E-state index in [1.807, 2.05) is 24.3 Å². The molecule has 4 aromatic rings. The summed E-state index contributed by atoms with van der Waals surface area (Å²) in [6.45, 7) is 0. The monoisotopic (exact) mass is 426 g/mol. The Morgan fingerprint density at radius 2 is 1.85 bits per heavy atom. The number of oxazole rings is 1. The number of fused-ring (bicyclic) bond motifs is 1. The highest BCUT2D eigenvalue weighted by Gasteiger charge is 2.08. The zero-order valence-electron chi connectivity index (χ0n) is 13.4. The molecule has 1 heterocycles. The SMILES string of the molecule is Oc1ccc(Br)cc1C=Nc1ccc(-c2nc3cc(Cl)ccc3o2)cc1. The largest absolute Gasteiger partial charge is 0.507 e. The van der Waals surface area contributed by atoms with Gasteiger partial charge in [-0.2, -0.15) is 0 Å². The predicted octanol–water partition coefficient (Wildman–Crippen LogP) is 6.37. The normalized spacial score (nSPS) is 11.5. The van der Waals surface area contributed by atoms with Gasteiger partial charge in [-0.3, -0.25) is 4.99 Å². The Hall–Kier alpha value is -2.63. The molecular weight excluding hydrogens is 416 g/mol. The van der Waals surface area contributed by atoms with Gasteiger partial charge in [0.2, 0.25) is 5.89 Å². The topological polar surface area (TPSA) is 58.6 Å². The van der Waals surface area contributed by atoms with Crippen molar-refractivity contribution in [2.24, 2.45) is 4.99 Å². The second-order valence-corrected chi connectivity index (χ2v) is 6.99. The van der Waals surface area contributed by atoms with Crippen molar-refractivity contribution >= 4 is 50.5 Å². The molecule has 3 aromatic carbocycles. The first kappa shape index (κ1) is 16.8. The molecule has 4 rings (SSSR count). The van der Waals surface area contributed by atoms with Crippen LogP contribution >= 0.6 is 27.5 Å². The third-order valence-electron chi connectivity index (χ3n) is 3.81. The second kappa shape index (κ2) is 6.94. The molecule has 6 heteroatoms. The van der Waals surface area contributed by atoms with Crippen LogP contribution in [0.15, 0.2) is 74.5 Å². The fraction of sp³-hybridized carbons (Fsp3) is 0. The number of benzene rings is 3. The molecule has 0 fully saturated rings. The van der Waals surface area contributed by atoms with Gasteiger partial charge >= 0.3 is 0 Å². The number of hydrogen-bond acceptors (Lipinski definition) is 4. The Balaban J connectivity index is 1.59. The first-order valence-electron chi connectivity index (χ1n) is 7.77. The van der Waals surface area contributed by atoms with Gasteiger partial charge < -0.3 is 9.52 Å². The molecular formula is C20H12BrClN2O2. The van der Waals surface area contributed by atoms with Gasteiger partial charge in [-0.25, -0.2) is 4.98 Å². The smallest absolute Gasteiger partial charge is 0.227 e. The van der Waals surface area contributed by atoms with Gasteiger partial charge in [0, 0.05) is 26.8 Å². The minimum absolute atomic E-state index is 0.179. The van der Waals surface area contributed by atoms with Gasteiger partial charge in [-0.05, 0) is 60.7 Å². The minimum atomic E-state index is 0.179. The van der Waals surface area contributed by atoms with Crippen molar-refractivity contribution in [1.82, 2.24) is 4.98 Å². The van der Waals surface area contributed by atoms with E-state index >= 15 is 0 Å². The summed E-state index contributed by atoms with van der Waals surface area (Å²) in [6, 6.07) is 18.0. The van der Waals surface area contributed by atoms with Gasteiger partial charge in [0.1, 0.15) is 11.3 Å². The van der Waals surface area contributed by atoms with E-state index in [1.54, 1.807) is 42.6 Å². The summed E-state index contributed by atoms with van der Waals surface area (Å²) in [5, 5.41) is 10.5. The van der Waals surface area contributed by atoms with Gasteiger partial charge in [0.25, 0.3) is 0 Å². The summed E-state index contributed by atoms with van der Waals surface area (Å²) in [5.41, 5.74) is 3.66. The first-order valence-corrected chi connectivity index (χ1v) is 8.95. The van der Waals surface area contributed by atoms with Crippen LogP contribution < -0.4 is 0 Å². The van der Waals surface area contributed by atoms with Crippen molar-refractivity contribution in [2.45, 2.75) is 0 Å². The first-order chi connectivity index (χ1) is 12.6. The molecule has 0 aliphatic rings. The highest BCUT2D eigenvalue weighted by molar-refractivity contribution is 9.10. The van der Waals surface area contributed by atoms with Gasteiger partial charge in [-0.1, -0.05) is 27.5 Å². The van der Waals surface area contributed by atoms with Gasteiger partial charge in [0.05, 0.1) is 5.69 Å². The highest BCUT2D eigenvalue weighted by Crippen LogP contribution is 2.28. The predicted molar refractivity (Wildman–Crippen MR) is 108 cm³/mol. The maximum atomic E-state index is 9.85. The maximum absolute atomic E-state index is 9.85. The van der Waals surface area contributed by atoms with Crippen molar-refractivity contribution in [3.63, 3.8) is 0 Å². The molecule has 0 unspecified atom stereocenters. The standard InChI is InChI=1S/C20H12BrClN2O2/c21-14-3-7-18(25)13(9-14)11-23-16-5-1-12(2-6-16)20-24-17-10-15(22)4-8-19(17)26-20/h1-11,25H. The average Bonchev–Trinajstić information content (AvgIpc) is 3.06. The zero-order chi connectivity index (χ0) is 18.1. The van der Waals surface area contributed by atoms with E-state index < -0.39 is 0 Å². The third-order valence-corrected chi connectivity index (χ3v) is 4.53. The van der Waals surface area contributed by atoms with E-state index in [0.717, 1.165) is 21.2 Å². The lowest BCUT2D eigenvalue weighted by molar-refractivity contribution is 0.474. The fourth-order valence-electron chi connectivity index (χ4n) is 2.49. The number of phenolic OH excluding ortho intramolecular Hbond substituents is 1. The Kier molecular flexibility index (Phi) is 4.49. The molecule has 0 radical (unpaired) electrons. The molecule has 1 aromatic heterocycles. The molecule has 0 spiro atoms. The molecule has 0 saturated heterocycles. The lowest BCUT2D eigenvalue weighted by Gasteiger charge is -2.00. The Bertz CT molecular complexity index is 1120. The minimum Gasteiger partial charge on any atom is -0.507 e. The Labute approximate surface area is 162 Å². The quantitative estimate of drug-likeness (QED) is 0.387. The number of halogens is 2. The summed E-state index contributed by atoms with van der Waals surface area (Å²) in [6.07, 6.45) is 1.62. The maximum Gasteiger partial charge on any atom is 0.227 e. The van der Waals surface area contributed by atoms with E-state index in [2.05, 4.69) is 25.9 Å². The highest BCUT2D eigenvalue weighted by atomic mass is 79.9. The summed E-state index contributed by atoms with van der Waals surface area (Å²) >= 11 is 9.36. The molecule has 1 N–H and O–H groups in total. The molecule has 0 aliphatic heterocycles. The molecule has 26 heavy (non-hydrogen) atoms. The van der Waals surface area contributed by atoms with Crippen molar-refractivity contribution in [3.8, 4) is 17.2 Å². The number of nitrogens with zero attached hydrogens (tertiary/aromatic N) is 2. The van der Waals surface area contributed by atoms with Crippen LogP contribution in [0.25, 0.3) is 22.6 Å². The number of rotatable bonds is 3. The lowest BCUT2D eigenvalue weighted by Crippen LogP contribution is -1.82. The Morgan fingerprint density at radius 3 is 2.65 bits per heavy atom. The fourth-order valence-corrected chi connectivity index (χ4v) is 3.03. The van der Waals surface area contributed by atoms with Crippen molar-refractivity contribution in [2.75, 3.05) is 0 Å². The number of aliphatic imine (C=N–C) groups is 1. The third kappa shape index (κ3) is 3.49. The average molecular weight is 428 g/mol.